The van der Waals surface area contributed by atoms with Gasteiger partial charge in [-0.1, -0.05) is 18.2 Å². The topological polar surface area (TPSA) is 106 Å². The molecule has 0 amide bonds. The Morgan fingerprint density at radius 1 is 0.950 bits per heavy atom. The minimum Gasteiger partial charge on any atom is -0.399 e. The third-order valence-electron chi connectivity index (χ3n) is 2.55. The van der Waals surface area contributed by atoms with Crippen LogP contribution in [0.4, 0.5) is 11.4 Å². The van der Waals surface area contributed by atoms with Crippen molar-refractivity contribution in [3.05, 3.63) is 59.7 Å². The second-order valence-electron chi connectivity index (χ2n) is 3.93. The van der Waals surface area contributed by atoms with E-state index in [1.54, 1.807) is 48.5 Å². The van der Waals surface area contributed by atoms with E-state index in [-0.39, 0.29) is 0 Å². The number of carbonyl (C=O) groups excluding carboxylic acids is 2. The summed E-state index contributed by atoms with van der Waals surface area (Å²) in [4.78, 5) is 21.7. The van der Waals surface area contributed by atoms with Crippen LogP contribution in [0.1, 0.15) is 20.7 Å². The molecule has 0 spiro atoms. The van der Waals surface area contributed by atoms with Crippen LogP contribution in [0, 0.1) is 5.53 Å². The van der Waals surface area contributed by atoms with Gasteiger partial charge in [0.1, 0.15) is 0 Å². The number of esters is 2. The summed E-state index contributed by atoms with van der Waals surface area (Å²) in [6, 6.07) is 13.4. The number of cyclic esters (lactones) is 2. The van der Waals surface area contributed by atoms with E-state index in [4.69, 9.17) is 11.3 Å². The highest BCUT2D eigenvalue weighted by atomic mass is 16.6. The van der Waals surface area contributed by atoms with Crippen LogP contribution in [0.15, 0.2) is 53.6 Å². The van der Waals surface area contributed by atoms with Crippen molar-refractivity contribution < 1.29 is 14.3 Å². The molecule has 0 saturated carbocycles. The van der Waals surface area contributed by atoms with Crippen molar-refractivity contribution in [1.82, 2.24) is 0 Å². The quantitative estimate of drug-likeness (QED) is 0.359. The summed E-state index contributed by atoms with van der Waals surface area (Å²) in [6.07, 6.45) is 0. The van der Waals surface area contributed by atoms with Crippen molar-refractivity contribution in [2.24, 2.45) is 5.11 Å². The van der Waals surface area contributed by atoms with Crippen LogP contribution in [0.5, 0.6) is 0 Å². The zero-order chi connectivity index (χ0) is 14.5. The molecule has 6 nitrogen and oxygen atoms in total. The van der Waals surface area contributed by atoms with Gasteiger partial charge >= 0.3 is 11.9 Å². The summed E-state index contributed by atoms with van der Waals surface area (Å²) < 4.78 is 4.35. The fraction of sp³-hybridized carbons (Fsp3) is 0. The van der Waals surface area contributed by atoms with Crippen LogP contribution >= 0.6 is 0 Å². The second-order valence-corrected chi connectivity index (χ2v) is 3.93. The summed E-state index contributed by atoms with van der Waals surface area (Å²) in [6.45, 7) is 0. The van der Waals surface area contributed by atoms with E-state index in [1.165, 1.54) is 0 Å². The lowest BCUT2D eigenvalue weighted by molar-refractivity contribution is 0.0444. The van der Waals surface area contributed by atoms with Crippen molar-refractivity contribution in [1.29, 1.82) is 5.53 Å². The zero-order valence-corrected chi connectivity index (χ0v) is 10.4. The Hall–Kier alpha value is -3.02. The van der Waals surface area contributed by atoms with E-state index >= 15 is 0 Å². The van der Waals surface area contributed by atoms with Crippen molar-refractivity contribution in [3.63, 3.8) is 0 Å². The predicted molar refractivity (Wildman–Crippen MR) is 71.9 cm³/mol. The number of nitrogen functional groups attached to an aromatic ring is 1. The number of nitrogens with two attached hydrogens (primary N) is 1. The van der Waals surface area contributed by atoms with Gasteiger partial charge in [0.15, 0.2) is 0 Å². The first-order chi connectivity index (χ1) is 9.61. The summed E-state index contributed by atoms with van der Waals surface area (Å²) in [7, 11) is 0. The van der Waals surface area contributed by atoms with Crippen LogP contribution in [-0.2, 0) is 4.74 Å². The SMILES string of the molecule is N=Nc1cccc(N)c1.O=C1OC(=O)c2ccccc21. The van der Waals surface area contributed by atoms with Crippen molar-refractivity contribution in [2.75, 3.05) is 5.73 Å². The molecule has 0 fully saturated rings. The minimum absolute atomic E-state index is 0.359. The lowest BCUT2D eigenvalue weighted by Gasteiger charge is -1.90. The molecule has 3 N–H and O–H groups in total. The number of hydrogen-bond donors (Lipinski definition) is 2. The molecular weight excluding hydrogens is 258 g/mol. The van der Waals surface area contributed by atoms with Crippen LogP contribution in [0.2, 0.25) is 0 Å². The molecule has 3 rings (SSSR count). The molecule has 1 heterocycles. The number of anilines is 1. The maximum Gasteiger partial charge on any atom is 0.346 e. The van der Waals surface area contributed by atoms with E-state index in [0.717, 1.165) is 0 Å². The summed E-state index contributed by atoms with van der Waals surface area (Å²) in [5, 5.41) is 3.20. The molecule has 0 bridgehead atoms. The van der Waals surface area contributed by atoms with Crippen LogP contribution < -0.4 is 5.73 Å². The van der Waals surface area contributed by atoms with E-state index < -0.39 is 11.9 Å². The third kappa shape index (κ3) is 2.86. The fourth-order valence-corrected chi connectivity index (χ4v) is 1.63. The Kier molecular flexibility index (Phi) is 3.85. The van der Waals surface area contributed by atoms with Gasteiger partial charge in [0.05, 0.1) is 16.8 Å². The molecule has 0 saturated heterocycles. The monoisotopic (exact) mass is 269 g/mol. The molecule has 0 atom stereocenters. The highest BCUT2D eigenvalue weighted by Gasteiger charge is 2.28. The number of nitrogens with one attached hydrogen (secondary N) is 1. The highest BCUT2D eigenvalue weighted by Crippen LogP contribution is 2.18. The van der Waals surface area contributed by atoms with Gasteiger partial charge in [-0.05, 0) is 30.3 Å². The number of ether oxygens (including phenoxy) is 1. The predicted octanol–water partition coefficient (Wildman–Crippen LogP) is 2.93. The molecule has 0 aliphatic carbocycles. The van der Waals surface area contributed by atoms with Crippen LogP contribution in [-0.4, -0.2) is 11.9 Å². The van der Waals surface area contributed by atoms with Gasteiger partial charge in [-0.25, -0.2) is 15.1 Å². The summed E-state index contributed by atoms with van der Waals surface area (Å²) in [5.74, 6) is -1.10. The normalized spacial score (nSPS) is 12.0. The molecule has 2 aromatic carbocycles. The second kappa shape index (κ2) is 5.75. The smallest absolute Gasteiger partial charge is 0.346 e. The number of carbonyl (C=O) groups is 2. The Balaban J connectivity index is 0.000000151. The Morgan fingerprint density at radius 2 is 1.55 bits per heavy atom. The Morgan fingerprint density at radius 3 is 2.00 bits per heavy atom. The average Bonchev–Trinajstić information content (AvgIpc) is 2.75. The number of nitrogens with zero attached hydrogens (tertiary/aromatic N) is 1. The highest BCUT2D eigenvalue weighted by molar-refractivity contribution is 6.14. The Labute approximate surface area is 114 Å². The van der Waals surface area contributed by atoms with Crippen molar-refractivity contribution in [3.8, 4) is 0 Å². The van der Waals surface area contributed by atoms with Gasteiger partial charge < -0.3 is 10.5 Å². The molecule has 2 aromatic rings. The van der Waals surface area contributed by atoms with E-state index in [1.807, 2.05) is 0 Å². The molecule has 6 heteroatoms. The van der Waals surface area contributed by atoms with Crippen molar-refractivity contribution in [2.45, 2.75) is 0 Å². The first kappa shape index (κ1) is 13.4. The van der Waals surface area contributed by atoms with E-state index in [0.29, 0.717) is 22.5 Å². The molecule has 1 aliphatic heterocycles. The standard InChI is InChI=1S/C8H4O3.C6H7N3/c9-7-5-3-1-2-4-6(5)8(10)11-7;7-5-2-1-3-6(4-5)9-8/h1-4H;1-4,8H,7H2. The largest absolute Gasteiger partial charge is 0.399 e. The van der Waals surface area contributed by atoms with Gasteiger partial charge in [-0.15, -0.1) is 0 Å². The van der Waals surface area contributed by atoms with Gasteiger partial charge in [-0.2, -0.15) is 5.11 Å². The number of benzene rings is 2. The van der Waals surface area contributed by atoms with E-state index in [2.05, 4.69) is 9.85 Å². The van der Waals surface area contributed by atoms with Crippen LogP contribution in [0.3, 0.4) is 0 Å². The third-order valence-corrected chi connectivity index (χ3v) is 2.55. The average molecular weight is 269 g/mol. The maximum atomic E-state index is 10.8. The Bertz CT molecular complexity index is 650. The number of rotatable bonds is 1. The lowest BCUT2D eigenvalue weighted by atomic mass is 10.1. The molecule has 100 valence electrons. The minimum atomic E-state index is -0.550. The number of hydrogen-bond acceptors (Lipinski definition) is 6. The van der Waals surface area contributed by atoms with E-state index in [9.17, 15) is 9.59 Å². The molecule has 0 radical (unpaired) electrons. The summed E-state index contributed by atoms with van der Waals surface area (Å²) in [5.41, 5.74) is 14.0. The lowest BCUT2D eigenvalue weighted by Crippen LogP contribution is -1.96. The fourth-order valence-electron chi connectivity index (χ4n) is 1.63. The zero-order valence-electron chi connectivity index (χ0n) is 10.4. The summed E-state index contributed by atoms with van der Waals surface area (Å²) >= 11 is 0. The number of fused-ring (bicyclic) bond motifs is 1. The van der Waals surface area contributed by atoms with Gasteiger partial charge in [0.2, 0.25) is 0 Å². The molecule has 1 aliphatic rings. The van der Waals surface area contributed by atoms with Crippen LogP contribution in [0.25, 0.3) is 0 Å². The maximum absolute atomic E-state index is 10.8. The van der Waals surface area contributed by atoms with Gasteiger partial charge in [0, 0.05) is 5.69 Å². The molecule has 0 unspecified atom stereocenters. The van der Waals surface area contributed by atoms with Crippen molar-refractivity contribution >= 4 is 23.3 Å². The van der Waals surface area contributed by atoms with Gasteiger partial charge in [-0.3, -0.25) is 0 Å². The molecule has 0 aromatic heterocycles. The van der Waals surface area contributed by atoms with Gasteiger partial charge in [0.25, 0.3) is 0 Å². The molecule has 20 heavy (non-hydrogen) atoms. The first-order valence-electron chi connectivity index (χ1n) is 5.70. The first-order valence-corrected chi connectivity index (χ1v) is 5.70. The molecular formula is C14H11N3O3.